The number of ether oxygens (including phenoxy) is 1. The standard InChI is InChI=1S/C26H26N4O5/c1-30-22(24(31)27-21-12-6-11-19(21)25(32)33)13-23(29-30)28-26(34)35-14-20-17-9-4-2-7-15(17)16-8-3-5-10-18(16)20/h2-5,7-10,13,19-21H,6,11-12,14H2,1H3,(H,27,31)(H,32,33)(H,28,29,34)/t19-,21+/m0/s1. The van der Waals surface area contributed by atoms with Crippen LogP contribution in [-0.2, 0) is 16.6 Å². The van der Waals surface area contributed by atoms with Crippen LogP contribution in [0.2, 0.25) is 0 Å². The van der Waals surface area contributed by atoms with Crippen molar-refractivity contribution in [2.24, 2.45) is 13.0 Å². The summed E-state index contributed by atoms with van der Waals surface area (Å²) >= 11 is 0. The van der Waals surface area contributed by atoms with Crippen LogP contribution in [-0.4, -0.2) is 45.5 Å². The van der Waals surface area contributed by atoms with Crippen LogP contribution in [0.1, 0.15) is 46.8 Å². The van der Waals surface area contributed by atoms with E-state index in [2.05, 4.69) is 27.9 Å². The Morgan fingerprint density at radius 3 is 2.37 bits per heavy atom. The second-order valence-corrected chi connectivity index (χ2v) is 8.94. The van der Waals surface area contributed by atoms with E-state index in [0.29, 0.717) is 12.8 Å². The Kier molecular flexibility index (Phi) is 5.98. The molecule has 0 saturated heterocycles. The molecule has 0 spiro atoms. The highest BCUT2D eigenvalue weighted by atomic mass is 16.5. The van der Waals surface area contributed by atoms with Crippen molar-refractivity contribution >= 4 is 23.8 Å². The van der Waals surface area contributed by atoms with Crippen LogP contribution in [0, 0.1) is 5.92 Å². The molecule has 9 nitrogen and oxygen atoms in total. The second kappa shape index (κ2) is 9.25. The first-order valence-corrected chi connectivity index (χ1v) is 11.6. The van der Waals surface area contributed by atoms with Crippen molar-refractivity contribution in [3.8, 4) is 11.1 Å². The van der Waals surface area contributed by atoms with Crippen LogP contribution < -0.4 is 10.6 Å². The van der Waals surface area contributed by atoms with Gasteiger partial charge in [-0.2, -0.15) is 5.10 Å². The third kappa shape index (κ3) is 4.37. The minimum absolute atomic E-state index is 0.0631. The van der Waals surface area contributed by atoms with E-state index in [0.717, 1.165) is 28.7 Å². The maximum Gasteiger partial charge on any atom is 0.412 e. The summed E-state index contributed by atoms with van der Waals surface area (Å²) < 4.78 is 6.88. The summed E-state index contributed by atoms with van der Waals surface area (Å²) in [7, 11) is 1.58. The lowest BCUT2D eigenvalue weighted by Gasteiger charge is -2.17. The van der Waals surface area contributed by atoms with Crippen LogP contribution in [0.25, 0.3) is 11.1 Å². The van der Waals surface area contributed by atoms with Crippen molar-refractivity contribution in [1.29, 1.82) is 0 Å². The molecule has 2 atom stereocenters. The van der Waals surface area contributed by atoms with Gasteiger partial charge in [0.15, 0.2) is 5.82 Å². The van der Waals surface area contributed by atoms with Gasteiger partial charge in [-0.3, -0.25) is 19.6 Å². The largest absolute Gasteiger partial charge is 0.481 e. The number of fused-ring (bicyclic) bond motifs is 3. The van der Waals surface area contributed by atoms with Crippen LogP contribution >= 0.6 is 0 Å². The molecular weight excluding hydrogens is 448 g/mol. The molecule has 3 aromatic rings. The van der Waals surface area contributed by atoms with E-state index in [4.69, 9.17) is 4.74 Å². The van der Waals surface area contributed by atoms with E-state index in [1.54, 1.807) is 7.05 Å². The third-order valence-electron chi connectivity index (χ3n) is 6.84. The molecule has 0 unspecified atom stereocenters. The van der Waals surface area contributed by atoms with Crippen LogP contribution in [0.5, 0.6) is 0 Å². The first kappa shape index (κ1) is 22.6. The van der Waals surface area contributed by atoms with E-state index in [9.17, 15) is 19.5 Å². The Balaban J connectivity index is 1.22. The van der Waals surface area contributed by atoms with Gasteiger partial charge in [0.1, 0.15) is 12.3 Å². The fourth-order valence-corrected chi connectivity index (χ4v) is 5.15. The molecule has 9 heteroatoms. The normalized spacial score (nSPS) is 18.5. The van der Waals surface area contributed by atoms with E-state index >= 15 is 0 Å². The summed E-state index contributed by atoms with van der Waals surface area (Å²) in [6.45, 7) is 0.165. The van der Waals surface area contributed by atoms with Gasteiger partial charge in [-0.25, -0.2) is 4.79 Å². The number of amides is 2. The van der Waals surface area contributed by atoms with Crippen molar-refractivity contribution in [3.63, 3.8) is 0 Å². The highest BCUT2D eigenvalue weighted by molar-refractivity contribution is 5.95. The lowest BCUT2D eigenvalue weighted by atomic mass is 9.98. The fraction of sp³-hybridized carbons (Fsp3) is 0.308. The number of aliphatic carboxylic acids is 1. The molecule has 5 rings (SSSR count). The minimum Gasteiger partial charge on any atom is -0.481 e. The number of anilines is 1. The summed E-state index contributed by atoms with van der Waals surface area (Å²) in [5.74, 6) is -1.82. The van der Waals surface area contributed by atoms with Crippen LogP contribution in [0.4, 0.5) is 10.6 Å². The number of carbonyl (C=O) groups is 3. The number of nitrogens with zero attached hydrogens (tertiary/aromatic N) is 2. The molecule has 2 aliphatic rings. The smallest absolute Gasteiger partial charge is 0.412 e. The van der Waals surface area contributed by atoms with Crippen molar-refractivity contribution in [2.45, 2.75) is 31.2 Å². The van der Waals surface area contributed by atoms with Crippen LogP contribution in [0.3, 0.4) is 0 Å². The van der Waals surface area contributed by atoms with Gasteiger partial charge < -0.3 is 15.2 Å². The topological polar surface area (TPSA) is 123 Å². The summed E-state index contributed by atoms with van der Waals surface area (Å²) in [5, 5.41) is 18.9. The van der Waals surface area contributed by atoms with E-state index in [1.807, 2.05) is 36.4 Å². The average Bonchev–Trinajstić information content (AvgIpc) is 3.53. The first-order chi connectivity index (χ1) is 16.9. The van der Waals surface area contributed by atoms with Crippen molar-refractivity contribution in [2.75, 3.05) is 11.9 Å². The number of carboxylic acids is 1. The van der Waals surface area contributed by atoms with E-state index < -0.39 is 29.9 Å². The summed E-state index contributed by atoms with van der Waals surface area (Å²) in [5.41, 5.74) is 4.74. The predicted molar refractivity (Wildman–Crippen MR) is 128 cm³/mol. The van der Waals surface area contributed by atoms with Crippen molar-refractivity contribution < 1.29 is 24.2 Å². The lowest BCUT2D eigenvalue weighted by Crippen LogP contribution is -2.40. The zero-order valence-electron chi connectivity index (χ0n) is 19.2. The summed E-state index contributed by atoms with van der Waals surface area (Å²) in [6, 6.07) is 17.2. The quantitative estimate of drug-likeness (QED) is 0.500. The van der Waals surface area contributed by atoms with Gasteiger partial charge >= 0.3 is 12.1 Å². The lowest BCUT2D eigenvalue weighted by molar-refractivity contribution is -0.142. The molecule has 0 aliphatic heterocycles. The Morgan fingerprint density at radius 1 is 1.06 bits per heavy atom. The maximum atomic E-state index is 12.7. The number of carboxylic acid groups (broad SMARTS) is 1. The number of aryl methyl sites for hydroxylation is 1. The van der Waals surface area contributed by atoms with Gasteiger partial charge in [-0.1, -0.05) is 55.0 Å². The molecule has 2 aliphatic carbocycles. The number of benzene rings is 2. The molecule has 180 valence electrons. The third-order valence-corrected chi connectivity index (χ3v) is 6.84. The van der Waals surface area contributed by atoms with Gasteiger partial charge in [0, 0.05) is 25.1 Å². The second-order valence-electron chi connectivity index (χ2n) is 8.94. The molecule has 1 heterocycles. The van der Waals surface area contributed by atoms with Gasteiger partial charge in [0.25, 0.3) is 5.91 Å². The number of carbonyl (C=O) groups excluding carboxylic acids is 2. The fourth-order valence-electron chi connectivity index (χ4n) is 5.15. The average molecular weight is 475 g/mol. The molecule has 0 radical (unpaired) electrons. The summed E-state index contributed by atoms with van der Waals surface area (Å²) in [4.78, 5) is 36.6. The van der Waals surface area contributed by atoms with Crippen molar-refractivity contribution in [3.05, 3.63) is 71.4 Å². The molecule has 2 aromatic carbocycles. The maximum absolute atomic E-state index is 12.7. The Bertz CT molecular complexity index is 1250. The Hall–Kier alpha value is -4.14. The molecule has 35 heavy (non-hydrogen) atoms. The number of hydrogen-bond donors (Lipinski definition) is 3. The Morgan fingerprint density at radius 2 is 1.71 bits per heavy atom. The molecule has 2 amide bonds. The number of nitrogens with one attached hydrogen (secondary N) is 2. The zero-order valence-corrected chi connectivity index (χ0v) is 19.2. The molecule has 1 aromatic heterocycles. The highest BCUT2D eigenvalue weighted by Gasteiger charge is 2.34. The number of rotatable bonds is 6. The van der Waals surface area contributed by atoms with Gasteiger partial charge in [0.2, 0.25) is 0 Å². The van der Waals surface area contributed by atoms with E-state index in [1.165, 1.54) is 10.7 Å². The zero-order chi connectivity index (χ0) is 24.5. The van der Waals surface area contributed by atoms with E-state index in [-0.39, 0.29) is 24.0 Å². The predicted octanol–water partition coefficient (Wildman–Crippen LogP) is 3.76. The summed E-state index contributed by atoms with van der Waals surface area (Å²) in [6.07, 6.45) is 1.24. The van der Waals surface area contributed by atoms with Gasteiger partial charge in [0.05, 0.1) is 5.92 Å². The van der Waals surface area contributed by atoms with Gasteiger partial charge in [-0.15, -0.1) is 0 Å². The monoisotopic (exact) mass is 474 g/mol. The molecule has 1 fully saturated rings. The van der Waals surface area contributed by atoms with Crippen LogP contribution in [0.15, 0.2) is 54.6 Å². The number of hydrogen-bond acceptors (Lipinski definition) is 5. The highest BCUT2D eigenvalue weighted by Crippen LogP contribution is 2.44. The Labute approximate surface area is 202 Å². The first-order valence-electron chi connectivity index (χ1n) is 11.6. The SMILES string of the molecule is Cn1nc(NC(=O)OCC2c3ccccc3-c3ccccc32)cc1C(=O)N[C@@H]1CCC[C@@H]1C(=O)O. The number of aromatic nitrogens is 2. The molecular formula is C26H26N4O5. The van der Waals surface area contributed by atoms with Crippen molar-refractivity contribution in [1.82, 2.24) is 15.1 Å². The van der Waals surface area contributed by atoms with Gasteiger partial charge in [-0.05, 0) is 35.1 Å². The molecule has 1 saturated carbocycles. The molecule has 0 bridgehead atoms. The molecule has 3 N–H and O–H groups in total. The minimum atomic E-state index is -0.907.